The Bertz CT molecular complexity index is 1430. The van der Waals surface area contributed by atoms with Crippen LogP contribution in [-0.4, -0.2) is 58.1 Å². The van der Waals surface area contributed by atoms with Crippen molar-refractivity contribution >= 4 is 28.5 Å². The van der Waals surface area contributed by atoms with Gasteiger partial charge in [0.15, 0.2) is 5.78 Å². The summed E-state index contributed by atoms with van der Waals surface area (Å²) < 4.78 is 13.4. The van der Waals surface area contributed by atoms with Gasteiger partial charge in [0.25, 0.3) is 0 Å². The van der Waals surface area contributed by atoms with Gasteiger partial charge in [-0.1, -0.05) is 32.9 Å². The standard InChI is InChI=1S/C30H35N5O3/c1-30(2,3)20-6-8-21(9-7-20)32-29-33-27-16-24(10-11-28(27)34(29)4)38-25-12-13-31-22(15-25)14-23(36)17-35-18-26(19-35)37-5/h6-13,15-16,26H,14,17-19H2,1-5H3,(H,32,33). The summed E-state index contributed by atoms with van der Waals surface area (Å²) in [6.45, 7) is 8.64. The second-order valence-electron chi connectivity index (χ2n) is 10.9. The van der Waals surface area contributed by atoms with Crippen LogP contribution in [0.15, 0.2) is 60.8 Å². The van der Waals surface area contributed by atoms with Crippen LogP contribution in [0.5, 0.6) is 11.5 Å². The first-order valence-corrected chi connectivity index (χ1v) is 12.9. The molecule has 1 aliphatic rings. The van der Waals surface area contributed by atoms with Gasteiger partial charge in [0.05, 0.1) is 35.8 Å². The fourth-order valence-corrected chi connectivity index (χ4v) is 4.60. The number of ketones is 1. The van der Waals surface area contributed by atoms with E-state index < -0.39 is 0 Å². The number of hydrogen-bond donors (Lipinski definition) is 1. The number of fused-ring (bicyclic) bond motifs is 1. The monoisotopic (exact) mass is 513 g/mol. The molecule has 0 bridgehead atoms. The van der Waals surface area contributed by atoms with E-state index in [1.807, 2.05) is 35.9 Å². The first kappa shape index (κ1) is 25.9. The van der Waals surface area contributed by atoms with Crippen LogP contribution < -0.4 is 10.1 Å². The minimum Gasteiger partial charge on any atom is -0.457 e. The van der Waals surface area contributed by atoms with Gasteiger partial charge >= 0.3 is 0 Å². The molecule has 0 amide bonds. The number of imidazole rings is 1. The van der Waals surface area contributed by atoms with Crippen molar-refractivity contribution in [3.63, 3.8) is 0 Å². The molecule has 0 saturated carbocycles. The predicted octanol–water partition coefficient (Wildman–Crippen LogP) is 5.24. The van der Waals surface area contributed by atoms with Crippen molar-refractivity contribution in [2.75, 3.05) is 32.1 Å². The zero-order chi connectivity index (χ0) is 26.9. The summed E-state index contributed by atoms with van der Waals surface area (Å²) in [6.07, 6.45) is 2.19. The Kier molecular flexibility index (Phi) is 7.19. The molecule has 1 aliphatic heterocycles. The van der Waals surface area contributed by atoms with Crippen LogP contribution in [-0.2, 0) is 28.4 Å². The zero-order valence-electron chi connectivity index (χ0n) is 22.7. The fraction of sp³-hybridized carbons (Fsp3) is 0.367. The number of likely N-dealkylation sites (tertiary alicyclic amines) is 1. The van der Waals surface area contributed by atoms with E-state index >= 15 is 0 Å². The molecule has 38 heavy (non-hydrogen) atoms. The number of carbonyl (C=O) groups excluding carboxylic acids is 1. The van der Waals surface area contributed by atoms with Gasteiger partial charge in [0.1, 0.15) is 11.5 Å². The number of rotatable bonds is 9. The predicted molar refractivity (Wildman–Crippen MR) is 149 cm³/mol. The molecule has 1 saturated heterocycles. The van der Waals surface area contributed by atoms with E-state index in [1.165, 1.54) is 5.56 Å². The smallest absolute Gasteiger partial charge is 0.208 e. The van der Waals surface area contributed by atoms with E-state index in [1.54, 1.807) is 19.4 Å². The highest BCUT2D eigenvalue weighted by atomic mass is 16.5. The lowest BCUT2D eigenvalue weighted by Gasteiger charge is -2.37. The zero-order valence-corrected chi connectivity index (χ0v) is 22.7. The van der Waals surface area contributed by atoms with Gasteiger partial charge in [0, 0.05) is 51.3 Å². The van der Waals surface area contributed by atoms with E-state index in [-0.39, 0.29) is 23.7 Å². The Morgan fingerprint density at radius 2 is 1.79 bits per heavy atom. The summed E-state index contributed by atoms with van der Waals surface area (Å²) in [6, 6.07) is 17.9. The van der Waals surface area contributed by atoms with Crippen LogP contribution in [0.1, 0.15) is 32.0 Å². The summed E-state index contributed by atoms with van der Waals surface area (Å²) in [5, 5.41) is 3.42. The van der Waals surface area contributed by atoms with E-state index in [0.717, 1.165) is 35.8 Å². The number of methoxy groups -OCH3 is 1. The lowest BCUT2D eigenvalue weighted by molar-refractivity contribution is -0.123. The van der Waals surface area contributed by atoms with Crippen LogP contribution >= 0.6 is 0 Å². The van der Waals surface area contributed by atoms with Gasteiger partial charge in [-0.05, 0) is 41.3 Å². The lowest BCUT2D eigenvalue weighted by Crippen LogP contribution is -2.53. The Hall–Kier alpha value is -3.75. The molecule has 5 rings (SSSR count). The summed E-state index contributed by atoms with van der Waals surface area (Å²) in [7, 11) is 3.69. The van der Waals surface area contributed by atoms with Gasteiger partial charge in [0.2, 0.25) is 5.95 Å². The van der Waals surface area contributed by atoms with Crippen molar-refractivity contribution in [3.8, 4) is 11.5 Å². The number of aryl methyl sites for hydroxylation is 1. The quantitative estimate of drug-likeness (QED) is 0.328. The Morgan fingerprint density at radius 1 is 1.05 bits per heavy atom. The van der Waals surface area contributed by atoms with E-state index in [2.05, 4.69) is 60.2 Å². The van der Waals surface area contributed by atoms with Gasteiger partial charge in [-0.3, -0.25) is 14.7 Å². The minimum absolute atomic E-state index is 0.111. The lowest BCUT2D eigenvalue weighted by atomic mass is 9.87. The van der Waals surface area contributed by atoms with Gasteiger partial charge < -0.3 is 19.4 Å². The molecular formula is C30H35N5O3. The van der Waals surface area contributed by atoms with Crippen molar-refractivity contribution in [1.29, 1.82) is 0 Å². The number of hydrogen-bond acceptors (Lipinski definition) is 7. The second kappa shape index (κ2) is 10.6. The van der Waals surface area contributed by atoms with Crippen molar-refractivity contribution in [2.45, 2.75) is 38.7 Å². The Balaban J connectivity index is 1.25. The average molecular weight is 514 g/mol. The molecule has 0 spiro atoms. The Morgan fingerprint density at radius 3 is 2.50 bits per heavy atom. The number of anilines is 2. The Labute approximate surface area is 223 Å². The maximum Gasteiger partial charge on any atom is 0.208 e. The first-order chi connectivity index (χ1) is 18.2. The second-order valence-corrected chi connectivity index (χ2v) is 10.9. The highest BCUT2D eigenvalue weighted by molar-refractivity contribution is 5.83. The van der Waals surface area contributed by atoms with Crippen molar-refractivity contribution in [1.82, 2.24) is 19.4 Å². The van der Waals surface area contributed by atoms with E-state index in [4.69, 9.17) is 14.5 Å². The molecule has 0 aliphatic carbocycles. The largest absolute Gasteiger partial charge is 0.457 e. The molecule has 0 radical (unpaired) electrons. The van der Waals surface area contributed by atoms with Crippen molar-refractivity contribution in [3.05, 3.63) is 72.1 Å². The maximum atomic E-state index is 12.5. The number of benzene rings is 2. The van der Waals surface area contributed by atoms with Crippen LogP contribution in [0.4, 0.5) is 11.6 Å². The molecule has 8 heteroatoms. The minimum atomic E-state index is 0.111. The molecule has 1 N–H and O–H groups in total. The molecule has 4 aromatic rings. The van der Waals surface area contributed by atoms with Crippen LogP contribution in [0.3, 0.4) is 0 Å². The molecule has 2 aromatic heterocycles. The van der Waals surface area contributed by atoms with E-state index in [0.29, 0.717) is 23.7 Å². The summed E-state index contributed by atoms with van der Waals surface area (Å²) >= 11 is 0. The molecule has 8 nitrogen and oxygen atoms in total. The van der Waals surface area contributed by atoms with Crippen LogP contribution in [0.2, 0.25) is 0 Å². The number of aromatic nitrogens is 3. The number of ether oxygens (including phenoxy) is 2. The number of Topliss-reactive ketones (excluding diaryl/α,β-unsaturated/α-hetero) is 1. The van der Waals surface area contributed by atoms with Crippen molar-refractivity contribution in [2.24, 2.45) is 7.05 Å². The average Bonchev–Trinajstić information content (AvgIpc) is 3.15. The normalized spacial score (nSPS) is 14.4. The molecule has 2 aromatic carbocycles. The third-order valence-corrected chi connectivity index (χ3v) is 6.92. The topological polar surface area (TPSA) is 81.5 Å². The fourth-order valence-electron chi connectivity index (χ4n) is 4.60. The van der Waals surface area contributed by atoms with E-state index in [9.17, 15) is 4.79 Å². The SMILES string of the molecule is COC1CN(CC(=O)Cc2cc(Oc3ccc4c(c3)nc(Nc3ccc(C(C)(C)C)cc3)n4C)ccn2)C1. The number of carbonyl (C=O) groups is 1. The summed E-state index contributed by atoms with van der Waals surface area (Å²) in [5.41, 5.74) is 4.90. The van der Waals surface area contributed by atoms with Crippen molar-refractivity contribution < 1.29 is 14.3 Å². The first-order valence-electron chi connectivity index (χ1n) is 12.9. The molecule has 0 unspecified atom stereocenters. The number of pyridine rings is 1. The summed E-state index contributed by atoms with van der Waals surface area (Å²) in [4.78, 5) is 23.7. The third-order valence-electron chi connectivity index (χ3n) is 6.92. The maximum absolute atomic E-state index is 12.5. The highest BCUT2D eigenvalue weighted by Gasteiger charge is 2.27. The third kappa shape index (κ3) is 5.87. The molecule has 0 atom stereocenters. The van der Waals surface area contributed by atoms with Crippen LogP contribution in [0.25, 0.3) is 11.0 Å². The molecule has 3 heterocycles. The molecule has 1 fully saturated rings. The molecular weight excluding hydrogens is 478 g/mol. The van der Waals surface area contributed by atoms with Gasteiger partial charge in [-0.2, -0.15) is 0 Å². The van der Waals surface area contributed by atoms with Gasteiger partial charge in [-0.15, -0.1) is 0 Å². The number of nitrogens with one attached hydrogen (secondary N) is 1. The summed E-state index contributed by atoms with van der Waals surface area (Å²) in [5.74, 6) is 2.20. The van der Waals surface area contributed by atoms with Crippen LogP contribution in [0, 0.1) is 0 Å². The molecule has 198 valence electrons. The van der Waals surface area contributed by atoms with Gasteiger partial charge in [-0.25, -0.2) is 4.98 Å². The number of nitrogens with zero attached hydrogens (tertiary/aromatic N) is 4. The highest BCUT2D eigenvalue weighted by Crippen LogP contribution is 2.29.